The molecule has 2 unspecified atom stereocenters. The van der Waals surface area contributed by atoms with Gasteiger partial charge in [-0.25, -0.2) is 4.79 Å². The van der Waals surface area contributed by atoms with Crippen molar-refractivity contribution in [1.82, 2.24) is 4.90 Å². The van der Waals surface area contributed by atoms with Gasteiger partial charge in [0.05, 0.1) is 25.3 Å². The van der Waals surface area contributed by atoms with Crippen molar-refractivity contribution in [3.8, 4) is 16.9 Å². The van der Waals surface area contributed by atoms with E-state index in [4.69, 9.17) is 14.2 Å². The van der Waals surface area contributed by atoms with Gasteiger partial charge in [-0.15, -0.1) is 0 Å². The van der Waals surface area contributed by atoms with Crippen molar-refractivity contribution < 1.29 is 27.8 Å². The lowest BCUT2D eigenvalue weighted by Crippen LogP contribution is -2.56. The van der Waals surface area contributed by atoms with Crippen LogP contribution in [0.4, 0.5) is 13.6 Å². The molecule has 2 heterocycles. The molecule has 2 atom stereocenters. The number of hydrogen-bond acceptors (Lipinski definition) is 4. The van der Waals surface area contributed by atoms with E-state index >= 15 is 0 Å². The van der Waals surface area contributed by atoms with E-state index in [2.05, 4.69) is 24.3 Å². The number of para-hydroxylation sites is 1. The zero-order valence-electron chi connectivity index (χ0n) is 19.5. The van der Waals surface area contributed by atoms with Gasteiger partial charge in [-0.1, -0.05) is 72.8 Å². The molecule has 0 aromatic heterocycles. The fraction of sp³-hybridized carbons (Fsp3) is 0.276. The second-order valence-corrected chi connectivity index (χ2v) is 9.24. The lowest BCUT2D eigenvalue weighted by Gasteiger charge is -2.44. The maximum atomic E-state index is 13.3. The van der Waals surface area contributed by atoms with E-state index in [1.165, 1.54) is 17.2 Å². The molecule has 1 aliphatic carbocycles. The summed E-state index contributed by atoms with van der Waals surface area (Å²) in [6.45, 7) is -1.99. The molecular weight excluding hydrogens is 464 g/mol. The van der Waals surface area contributed by atoms with E-state index in [1.807, 2.05) is 30.3 Å². The van der Waals surface area contributed by atoms with E-state index < -0.39 is 6.61 Å². The second kappa shape index (κ2) is 9.39. The molecule has 184 valence electrons. The SMILES string of the molecule is O=C(OCC1c2ccccc2-c2ccccc21)N1C2C=C(c3ccccc3OC(F)F)CC1COC2. The lowest BCUT2D eigenvalue weighted by atomic mass is 9.89. The van der Waals surface area contributed by atoms with Crippen molar-refractivity contribution in [1.29, 1.82) is 0 Å². The van der Waals surface area contributed by atoms with Crippen molar-refractivity contribution in [2.24, 2.45) is 0 Å². The highest BCUT2D eigenvalue weighted by Crippen LogP contribution is 2.45. The van der Waals surface area contributed by atoms with Gasteiger partial charge in [0.25, 0.3) is 0 Å². The topological polar surface area (TPSA) is 48.0 Å². The lowest BCUT2D eigenvalue weighted by molar-refractivity contribution is -0.0501. The van der Waals surface area contributed by atoms with Crippen LogP contribution in [0, 0.1) is 0 Å². The van der Waals surface area contributed by atoms with Crippen LogP contribution < -0.4 is 4.74 Å². The molecule has 1 fully saturated rings. The molecule has 1 amide bonds. The minimum absolute atomic E-state index is 0.0216. The maximum Gasteiger partial charge on any atom is 0.410 e. The summed E-state index contributed by atoms with van der Waals surface area (Å²) in [6, 6.07) is 22.6. The van der Waals surface area contributed by atoms with E-state index in [0.29, 0.717) is 25.2 Å². The molecule has 0 spiro atoms. The molecule has 3 aromatic carbocycles. The smallest absolute Gasteiger partial charge is 0.410 e. The number of halogens is 2. The highest BCUT2D eigenvalue weighted by molar-refractivity contribution is 5.80. The standard InChI is InChI=1S/C29H25F2NO4/c30-28(31)36-27-12-6-5-7-21(27)18-13-19-15-34-16-20(14-18)32(19)29(33)35-17-26-24-10-3-1-8-22(24)23-9-2-4-11-25(23)26/h1-13,19-20,26,28H,14-17H2. The molecule has 7 heteroatoms. The fourth-order valence-electron chi connectivity index (χ4n) is 5.68. The zero-order valence-corrected chi connectivity index (χ0v) is 19.5. The van der Waals surface area contributed by atoms with Crippen molar-refractivity contribution in [2.75, 3.05) is 19.8 Å². The number of rotatable bonds is 5. The molecule has 6 rings (SSSR count). The van der Waals surface area contributed by atoms with Crippen molar-refractivity contribution in [2.45, 2.75) is 31.0 Å². The number of benzene rings is 3. The summed E-state index contributed by atoms with van der Waals surface area (Å²) in [5.41, 5.74) is 6.15. The van der Waals surface area contributed by atoms with Crippen LogP contribution in [0.25, 0.3) is 16.7 Å². The molecule has 36 heavy (non-hydrogen) atoms. The predicted octanol–water partition coefficient (Wildman–Crippen LogP) is 6.09. The van der Waals surface area contributed by atoms with Gasteiger partial charge in [-0.3, -0.25) is 4.90 Å². The van der Waals surface area contributed by atoms with E-state index in [0.717, 1.165) is 16.7 Å². The van der Waals surface area contributed by atoms with Crippen LogP contribution in [0.2, 0.25) is 0 Å². The Hall–Kier alpha value is -3.71. The molecule has 5 nitrogen and oxygen atoms in total. The first-order valence-corrected chi connectivity index (χ1v) is 12.1. The number of morpholine rings is 1. The summed E-state index contributed by atoms with van der Waals surface area (Å²) in [7, 11) is 0. The van der Waals surface area contributed by atoms with Gasteiger partial charge in [0.2, 0.25) is 0 Å². The number of carbonyl (C=O) groups is 1. The predicted molar refractivity (Wildman–Crippen MR) is 131 cm³/mol. The number of alkyl halides is 2. The van der Waals surface area contributed by atoms with Gasteiger partial charge >= 0.3 is 12.7 Å². The maximum absolute atomic E-state index is 13.3. The van der Waals surface area contributed by atoms with Gasteiger partial charge in [0, 0.05) is 11.5 Å². The Morgan fingerprint density at radius 1 is 0.917 bits per heavy atom. The quantitative estimate of drug-likeness (QED) is 0.435. The number of hydrogen-bond donors (Lipinski definition) is 0. The summed E-state index contributed by atoms with van der Waals surface area (Å²) >= 11 is 0. The van der Waals surface area contributed by atoms with Crippen LogP contribution >= 0.6 is 0 Å². The molecule has 3 aliphatic rings. The molecule has 0 saturated carbocycles. The average molecular weight is 490 g/mol. The number of nitrogens with zero attached hydrogens (tertiary/aromatic N) is 1. The first kappa shape index (κ1) is 22.7. The highest BCUT2D eigenvalue weighted by Gasteiger charge is 2.40. The van der Waals surface area contributed by atoms with Gasteiger partial charge in [0.1, 0.15) is 12.4 Å². The van der Waals surface area contributed by atoms with Gasteiger partial charge in [-0.2, -0.15) is 8.78 Å². The average Bonchev–Trinajstić information content (AvgIpc) is 3.20. The Labute approximate surface area is 207 Å². The van der Waals surface area contributed by atoms with Crippen LogP contribution in [0.15, 0.2) is 78.9 Å². The third-order valence-electron chi connectivity index (χ3n) is 7.19. The van der Waals surface area contributed by atoms with E-state index in [1.54, 1.807) is 23.1 Å². The molecule has 0 N–H and O–H groups in total. The van der Waals surface area contributed by atoms with Crippen molar-refractivity contribution in [3.05, 3.63) is 95.6 Å². The number of amides is 1. The minimum Gasteiger partial charge on any atom is -0.448 e. The van der Waals surface area contributed by atoms with E-state index in [9.17, 15) is 13.6 Å². The van der Waals surface area contributed by atoms with Gasteiger partial charge in [-0.05, 0) is 40.3 Å². The largest absolute Gasteiger partial charge is 0.448 e. The molecule has 2 aliphatic heterocycles. The van der Waals surface area contributed by atoms with Crippen LogP contribution in [0.3, 0.4) is 0 Å². The molecule has 0 radical (unpaired) electrons. The number of carbonyl (C=O) groups excluding carboxylic acids is 1. The molecule has 3 aromatic rings. The third-order valence-corrected chi connectivity index (χ3v) is 7.19. The summed E-state index contributed by atoms with van der Waals surface area (Å²) in [4.78, 5) is 15.1. The Bertz CT molecular complexity index is 1280. The second-order valence-electron chi connectivity index (χ2n) is 9.24. The van der Waals surface area contributed by atoms with Crippen LogP contribution in [-0.4, -0.2) is 49.5 Å². The summed E-state index contributed by atoms with van der Waals surface area (Å²) < 4.78 is 42.2. The Morgan fingerprint density at radius 3 is 2.22 bits per heavy atom. The Kier molecular flexibility index (Phi) is 5.93. The first-order valence-electron chi connectivity index (χ1n) is 12.1. The summed E-state index contributed by atoms with van der Waals surface area (Å²) in [5, 5.41) is 0. The van der Waals surface area contributed by atoms with Crippen molar-refractivity contribution in [3.63, 3.8) is 0 Å². The van der Waals surface area contributed by atoms with Gasteiger partial charge in [0.15, 0.2) is 0 Å². The van der Waals surface area contributed by atoms with E-state index in [-0.39, 0.29) is 36.5 Å². The number of ether oxygens (including phenoxy) is 3. The summed E-state index contributed by atoms with van der Waals surface area (Å²) in [5.74, 6) is 0.110. The first-order chi connectivity index (χ1) is 17.6. The molecular formula is C29H25F2NO4. The van der Waals surface area contributed by atoms with Gasteiger partial charge < -0.3 is 14.2 Å². The summed E-state index contributed by atoms with van der Waals surface area (Å²) in [6.07, 6.45) is 1.98. The fourth-order valence-corrected chi connectivity index (χ4v) is 5.68. The van der Waals surface area contributed by atoms with Crippen LogP contribution in [-0.2, 0) is 9.47 Å². The Balaban J connectivity index is 1.22. The molecule has 1 saturated heterocycles. The Morgan fingerprint density at radius 2 is 1.56 bits per heavy atom. The third kappa shape index (κ3) is 4.03. The monoisotopic (exact) mass is 489 g/mol. The van der Waals surface area contributed by atoms with Crippen LogP contribution in [0.5, 0.6) is 5.75 Å². The van der Waals surface area contributed by atoms with Crippen molar-refractivity contribution >= 4 is 11.7 Å². The normalized spacial score (nSPS) is 20.5. The highest BCUT2D eigenvalue weighted by atomic mass is 19.3. The number of fused-ring (bicyclic) bond motifs is 5. The minimum atomic E-state index is -2.91. The zero-order chi connectivity index (χ0) is 24.6. The van der Waals surface area contributed by atoms with Crippen LogP contribution in [0.1, 0.15) is 29.0 Å². The molecule has 2 bridgehead atoms.